The molecule has 0 saturated heterocycles. The van der Waals surface area contributed by atoms with Crippen molar-refractivity contribution in [2.24, 2.45) is 0 Å². The van der Waals surface area contributed by atoms with Crippen molar-refractivity contribution < 1.29 is 9.47 Å². The number of benzene rings is 2. The van der Waals surface area contributed by atoms with Gasteiger partial charge in [0, 0.05) is 0 Å². The van der Waals surface area contributed by atoms with E-state index in [1.54, 1.807) is 56.7 Å². The van der Waals surface area contributed by atoms with E-state index in [2.05, 4.69) is 6.07 Å². The van der Waals surface area contributed by atoms with Gasteiger partial charge in [0.1, 0.15) is 0 Å². The standard InChI is InChI=1S/C17H13Cl2NO2/c1-21-16-6-4-12(9-17(16)22-2)13(10-20)7-11-3-5-14(18)15(19)8-11/h3-9H,1-2H3/b13-7+. The lowest BCUT2D eigenvalue weighted by molar-refractivity contribution is 0.355. The number of methoxy groups -OCH3 is 2. The molecule has 2 aromatic rings. The van der Waals surface area contributed by atoms with Crippen molar-refractivity contribution in [1.82, 2.24) is 0 Å². The van der Waals surface area contributed by atoms with Crippen LogP contribution in [0.5, 0.6) is 11.5 Å². The summed E-state index contributed by atoms with van der Waals surface area (Å²) >= 11 is 11.9. The molecule has 0 saturated carbocycles. The molecule has 0 amide bonds. The zero-order valence-electron chi connectivity index (χ0n) is 12.1. The molecular formula is C17H13Cl2NO2. The Hall–Kier alpha value is -2.15. The Morgan fingerprint density at radius 1 is 1.00 bits per heavy atom. The molecule has 3 nitrogen and oxygen atoms in total. The minimum Gasteiger partial charge on any atom is -0.493 e. The molecular weight excluding hydrogens is 321 g/mol. The van der Waals surface area contributed by atoms with Gasteiger partial charge in [0.2, 0.25) is 0 Å². The first-order valence-electron chi connectivity index (χ1n) is 6.38. The molecule has 0 N–H and O–H groups in total. The van der Waals surface area contributed by atoms with E-state index in [9.17, 15) is 5.26 Å². The average Bonchev–Trinajstić information content (AvgIpc) is 2.55. The third kappa shape index (κ3) is 3.54. The molecule has 0 bridgehead atoms. The van der Waals surface area contributed by atoms with Gasteiger partial charge in [-0.25, -0.2) is 0 Å². The SMILES string of the molecule is COc1ccc(/C(C#N)=C/c2ccc(Cl)c(Cl)c2)cc1OC. The third-order valence-corrected chi connectivity index (χ3v) is 3.81. The second kappa shape index (κ2) is 7.22. The predicted octanol–water partition coefficient (Wildman–Crippen LogP) is 5.07. The largest absolute Gasteiger partial charge is 0.493 e. The maximum absolute atomic E-state index is 9.41. The van der Waals surface area contributed by atoms with Crippen molar-refractivity contribution in [1.29, 1.82) is 5.26 Å². The zero-order chi connectivity index (χ0) is 16.1. The van der Waals surface area contributed by atoms with Crippen LogP contribution in [0.4, 0.5) is 0 Å². The minimum absolute atomic E-state index is 0.444. The van der Waals surface area contributed by atoms with Crippen LogP contribution in [0.1, 0.15) is 11.1 Å². The fraction of sp³-hybridized carbons (Fsp3) is 0.118. The highest BCUT2D eigenvalue weighted by Gasteiger charge is 2.08. The van der Waals surface area contributed by atoms with Gasteiger partial charge < -0.3 is 9.47 Å². The third-order valence-electron chi connectivity index (χ3n) is 3.07. The van der Waals surface area contributed by atoms with E-state index < -0.39 is 0 Å². The monoisotopic (exact) mass is 333 g/mol. The summed E-state index contributed by atoms with van der Waals surface area (Å²) in [6.45, 7) is 0. The van der Waals surface area contributed by atoms with E-state index >= 15 is 0 Å². The van der Waals surface area contributed by atoms with E-state index in [-0.39, 0.29) is 0 Å². The summed E-state index contributed by atoms with van der Waals surface area (Å²) in [4.78, 5) is 0. The van der Waals surface area contributed by atoms with Crippen molar-refractivity contribution in [2.75, 3.05) is 14.2 Å². The lowest BCUT2D eigenvalue weighted by Crippen LogP contribution is -1.92. The van der Waals surface area contributed by atoms with E-state index in [1.807, 2.05) is 0 Å². The highest BCUT2D eigenvalue weighted by atomic mass is 35.5. The van der Waals surface area contributed by atoms with Crippen LogP contribution in [0, 0.1) is 11.3 Å². The van der Waals surface area contributed by atoms with Crippen molar-refractivity contribution >= 4 is 34.9 Å². The number of allylic oxidation sites excluding steroid dienone is 1. The summed E-state index contributed by atoms with van der Waals surface area (Å²) in [6.07, 6.45) is 1.74. The highest BCUT2D eigenvalue weighted by molar-refractivity contribution is 6.42. The Bertz CT molecular complexity index is 764. The van der Waals surface area contributed by atoms with Crippen molar-refractivity contribution in [3.8, 4) is 17.6 Å². The van der Waals surface area contributed by atoms with Crippen LogP contribution < -0.4 is 9.47 Å². The van der Waals surface area contributed by atoms with Crippen LogP contribution in [0.2, 0.25) is 10.0 Å². The first-order chi connectivity index (χ1) is 10.6. The molecule has 5 heteroatoms. The molecule has 0 fully saturated rings. The van der Waals surface area contributed by atoms with E-state index in [0.29, 0.717) is 27.1 Å². The zero-order valence-corrected chi connectivity index (χ0v) is 13.6. The van der Waals surface area contributed by atoms with Crippen LogP contribution in [0.3, 0.4) is 0 Å². The van der Waals surface area contributed by atoms with Gasteiger partial charge in [0.25, 0.3) is 0 Å². The Labute approximate surface area is 139 Å². The fourth-order valence-corrected chi connectivity index (χ4v) is 2.26. The number of hydrogen-bond acceptors (Lipinski definition) is 3. The molecule has 0 aliphatic carbocycles. The number of ether oxygens (including phenoxy) is 2. The molecule has 0 aliphatic heterocycles. The lowest BCUT2D eigenvalue weighted by atomic mass is 10.0. The molecule has 0 heterocycles. The van der Waals surface area contributed by atoms with Crippen LogP contribution in [0.15, 0.2) is 36.4 Å². The molecule has 2 aromatic carbocycles. The molecule has 112 valence electrons. The van der Waals surface area contributed by atoms with E-state index in [1.165, 1.54) is 0 Å². The van der Waals surface area contributed by atoms with Gasteiger partial charge in [-0.05, 0) is 47.5 Å². The van der Waals surface area contributed by atoms with E-state index in [4.69, 9.17) is 32.7 Å². The smallest absolute Gasteiger partial charge is 0.161 e. The molecule has 0 unspecified atom stereocenters. The van der Waals surface area contributed by atoms with Crippen LogP contribution >= 0.6 is 23.2 Å². The summed E-state index contributed by atoms with van der Waals surface area (Å²) in [5.74, 6) is 1.17. The summed E-state index contributed by atoms with van der Waals surface area (Å²) < 4.78 is 10.4. The maximum atomic E-state index is 9.41. The van der Waals surface area contributed by atoms with Crippen LogP contribution in [-0.2, 0) is 0 Å². The second-order valence-electron chi connectivity index (χ2n) is 4.41. The number of nitriles is 1. The molecule has 0 spiro atoms. The Balaban J connectivity index is 2.45. The fourth-order valence-electron chi connectivity index (χ4n) is 1.95. The predicted molar refractivity (Wildman–Crippen MR) is 89.5 cm³/mol. The van der Waals surface area contributed by atoms with E-state index in [0.717, 1.165) is 11.1 Å². The molecule has 0 radical (unpaired) electrons. The first kappa shape index (κ1) is 16.2. The molecule has 22 heavy (non-hydrogen) atoms. The first-order valence-corrected chi connectivity index (χ1v) is 7.14. The van der Waals surface area contributed by atoms with Crippen molar-refractivity contribution in [3.63, 3.8) is 0 Å². The van der Waals surface area contributed by atoms with Gasteiger partial charge >= 0.3 is 0 Å². The Kier molecular flexibility index (Phi) is 5.32. The Morgan fingerprint density at radius 3 is 2.32 bits per heavy atom. The number of nitrogens with zero attached hydrogens (tertiary/aromatic N) is 1. The normalized spacial score (nSPS) is 11.0. The molecule has 0 aliphatic rings. The molecule has 0 aromatic heterocycles. The summed E-state index contributed by atoms with van der Waals surface area (Å²) in [5.41, 5.74) is 2.01. The van der Waals surface area contributed by atoms with Gasteiger partial charge in [-0.1, -0.05) is 29.3 Å². The lowest BCUT2D eigenvalue weighted by Gasteiger charge is -2.09. The van der Waals surface area contributed by atoms with Gasteiger partial charge in [-0.2, -0.15) is 5.26 Å². The van der Waals surface area contributed by atoms with Crippen LogP contribution in [0.25, 0.3) is 11.6 Å². The Morgan fingerprint density at radius 2 is 1.73 bits per heavy atom. The average molecular weight is 334 g/mol. The topological polar surface area (TPSA) is 42.2 Å². The summed E-state index contributed by atoms with van der Waals surface area (Å²) in [6, 6.07) is 12.7. The van der Waals surface area contributed by atoms with Gasteiger partial charge in [0.05, 0.1) is 35.9 Å². The minimum atomic E-state index is 0.444. The summed E-state index contributed by atoms with van der Waals surface area (Å²) in [5, 5.41) is 10.3. The van der Waals surface area contributed by atoms with Gasteiger partial charge in [-0.15, -0.1) is 0 Å². The van der Waals surface area contributed by atoms with Crippen molar-refractivity contribution in [3.05, 3.63) is 57.6 Å². The maximum Gasteiger partial charge on any atom is 0.161 e. The number of hydrogen-bond donors (Lipinski definition) is 0. The highest BCUT2D eigenvalue weighted by Crippen LogP contribution is 2.31. The van der Waals surface area contributed by atoms with Crippen LogP contribution in [-0.4, -0.2) is 14.2 Å². The summed E-state index contributed by atoms with van der Waals surface area (Å²) in [7, 11) is 3.12. The second-order valence-corrected chi connectivity index (χ2v) is 5.23. The van der Waals surface area contributed by atoms with Crippen molar-refractivity contribution in [2.45, 2.75) is 0 Å². The number of halogens is 2. The van der Waals surface area contributed by atoms with Gasteiger partial charge in [-0.3, -0.25) is 0 Å². The quantitative estimate of drug-likeness (QED) is 0.579. The molecule has 2 rings (SSSR count). The molecule has 0 atom stereocenters. The number of rotatable bonds is 4. The van der Waals surface area contributed by atoms with Gasteiger partial charge in [0.15, 0.2) is 11.5 Å².